The number of aliphatic hydroxyl groups is 1. The van der Waals surface area contributed by atoms with Gasteiger partial charge in [0, 0.05) is 30.9 Å². The van der Waals surface area contributed by atoms with Crippen molar-refractivity contribution in [2.45, 2.75) is 65.4 Å². The highest BCUT2D eigenvalue weighted by molar-refractivity contribution is 6.00. The van der Waals surface area contributed by atoms with Crippen LogP contribution in [-0.4, -0.2) is 92.0 Å². The van der Waals surface area contributed by atoms with Gasteiger partial charge >= 0.3 is 0 Å². The maximum Gasteiger partial charge on any atom is 0.274 e. The van der Waals surface area contributed by atoms with Gasteiger partial charge in [0.15, 0.2) is 11.5 Å². The summed E-state index contributed by atoms with van der Waals surface area (Å²) in [5.74, 6) is -2.98. The topological polar surface area (TPSA) is 209 Å². The molecule has 3 aromatic rings. The summed E-state index contributed by atoms with van der Waals surface area (Å²) in [4.78, 5) is 76.4. The zero-order valence-corrected chi connectivity index (χ0v) is 26.2. The van der Waals surface area contributed by atoms with E-state index < -0.39 is 53.8 Å². The molecule has 15 heteroatoms. The number of aliphatic hydroxyl groups excluding tert-OH is 1. The Labute approximate surface area is 265 Å². The standard InChI is InChI=1S/C31H38N8O7/c1-16(2)24-29(43)32-11-12-39(31(45)22-14-33-19(5)35-26(22)20-9-7-6-8-10-20)15-21-13-23(38-46-21)28(42)37-25(18(4)40)30(44)34-17(3)27(41)36-24/h6-10,13-14,16-18,24-25,40H,11-12,15H2,1-5H3,(H,32,43)(H,34,44)(H,36,41)(H,37,42)/t17-,18+,24-,25-/m0/s1. The molecule has 1 aliphatic heterocycles. The number of amides is 5. The van der Waals surface area contributed by atoms with E-state index in [4.69, 9.17) is 4.52 Å². The van der Waals surface area contributed by atoms with E-state index in [0.29, 0.717) is 17.1 Å². The van der Waals surface area contributed by atoms with Crippen molar-refractivity contribution in [2.24, 2.45) is 5.92 Å². The molecule has 1 aliphatic rings. The molecular weight excluding hydrogens is 596 g/mol. The summed E-state index contributed by atoms with van der Waals surface area (Å²) in [6, 6.07) is 6.93. The van der Waals surface area contributed by atoms with E-state index in [1.165, 1.54) is 31.0 Å². The van der Waals surface area contributed by atoms with Crippen LogP contribution in [0.1, 0.15) is 60.1 Å². The summed E-state index contributed by atoms with van der Waals surface area (Å²) in [6.45, 7) is 7.77. The maximum absolute atomic E-state index is 14.1. The molecule has 46 heavy (non-hydrogen) atoms. The molecule has 5 amide bonds. The van der Waals surface area contributed by atoms with Crippen LogP contribution < -0.4 is 21.3 Å². The van der Waals surface area contributed by atoms with Crippen LogP contribution in [0.3, 0.4) is 0 Å². The lowest BCUT2D eigenvalue weighted by Gasteiger charge is -2.27. The van der Waals surface area contributed by atoms with Crippen LogP contribution in [-0.2, 0) is 20.9 Å². The van der Waals surface area contributed by atoms with Crippen molar-refractivity contribution in [3.05, 3.63) is 65.4 Å². The lowest BCUT2D eigenvalue weighted by molar-refractivity contribution is -0.133. The van der Waals surface area contributed by atoms with Gasteiger partial charge in [0.2, 0.25) is 17.7 Å². The van der Waals surface area contributed by atoms with Gasteiger partial charge in [-0.1, -0.05) is 49.3 Å². The molecule has 0 fully saturated rings. The van der Waals surface area contributed by atoms with E-state index in [-0.39, 0.29) is 42.6 Å². The smallest absolute Gasteiger partial charge is 0.274 e. The SMILES string of the molecule is Cc1ncc(C(=O)N2CCNC(=O)[C@H](C(C)C)NC(=O)[C@H](C)NC(=O)[C@H]([C@@H](C)O)NC(=O)c3cc(on3)C2)c(-c2ccccc2)n1. The van der Waals surface area contributed by atoms with Gasteiger partial charge in [-0.25, -0.2) is 9.97 Å². The van der Waals surface area contributed by atoms with Crippen LogP contribution in [0.5, 0.6) is 0 Å². The van der Waals surface area contributed by atoms with Gasteiger partial charge in [-0.3, -0.25) is 24.0 Å². The largest absolute Gasteiger partial charge is 0.391 e. The van der Waals surface area contributed by atoms with Crippen molar-refractivity contribution in [2.75, 3.05) is 13.1 Å². The van der Waals surface area contributed by atoms with Crippen LogP contribution in [0, 0.1) is 12.8 Å². The van der Waals surface area contributed by atoms with Gasteiger partial charge in [0.05, 0.1) is 23.9 Å². The monoisotopic (exact) mass is 634 g/mol. The first-order valence-electron chi connectivity index (χ1n) is 14.9. The Morgan fingerprint density at radius 3 is 2.39 bits per heavy atom. The number of nitrogens with zero attached hydrogens (tertiary/aromatic N) is 4. The second-order valence-corrected chi connectivity index (χ2v) is 11.4. The zero-order chi connectivity index (χ0) is 33.5. The van der Waals surface area contributed by atoms with Crippen molar-refractivity contribution in [1.29, 1.82) is 0 Å². The van der Waals surface area contributed by atoms with Crippen molar-refractivity contribution in [1.82, 2.24) is 41.3 Å². The number of hydrogen-bond donors (Lipinski definition) is 5. The molecule has 0 saturated heterocycles. The second kappa shape index (κ2) is 14.7. The molecule has 2 bridgehead atoms. The molecule has 244 valence electrons. The number of carbonyl (C=O) groups is 5. The minimum atomic E-state index is -1.44. The van der Waals surface area contributed by atoms with Gasteiger partial charge in [-0.15, -0.1) is 0 Å². The number of nitrogens with one attached hydrogen (secondary N) is 4. The van der Waals surface area contributed by atoms with Gasteiger partial charge in [0.1, 0.15) is 23.9 Å². The Hall–Kier alpha value is -5.18. The average molecular weight is 635 g/mol. The number of hydrogen-bond acceptors (Lipinski definition) is 10. The van der Waals surface area contributed by atoms with Crippen molar-refractivity contribution in [3.63, 3.8) is 0 Å². The number of rotatable bonds is 4. The van der Waals surface area contributed by atoms with E-state index in [1.54, 1.807) is 20.8 Å². The molecule has 0 radical (unpaired) electrons. The predicted molar refractivity (Wildman–Crippen MR) is 164 cm³/mol. The first kappa shape index (κ1) is 33.7. The number of fused-ring (bicyclic) bond motifs is 2. The van der Waals surface area contributed by atoms with Crippen LogP contribution >= 0.6 is 0 Å². The number of carbonyl (C=O) groups excluding carboxylic acids is 5. The Balaban J connectivity index is 1.70. The number of benzene rings is 1. The Bertz CT molecular complexity index is 1590. The highest BCUT2D eigenvalue weighted by Gasteiger charge is 2.32. The first-order chi connectivity index (χ1) is 21.8. The molecule has 3 heterocycles. The van der Waals surface area contributed by atoms with Crippen molar-refractivity contribution >= 4 is 29.5 Å². The lowest BCUT2D eigenvalue weighted by Crippen LogP contribution is -2.58. The molecule has 0 unspecified atom stereocenters. The summed E-state index contributed by atoms with van der Waals surface area (Å²) < 4.78 is 5.38. The minimum absolute atomic E-state index is 0.000884. The summed E-state index contributed by atoms with van der Waals surface area (Å²) >= 11 is 0. The van der Waals surface area contributed by atoms with Gasteiger partial charge < -0.3 is 35.8 Å². The van der Waals surface area contributed by atoms with E-state index in [9.17, 15) is 29.1 Å². The summed E-state index contributed by atoms with van der Waals surface area (Å²) in [6.07, 6.45) is 0.0947. The second-order valence-electron chi connectivity index (χ2n) is 11.4. The predicted octanol–water partition coefficient (Wildman–Crippen LogP) is 0.337. The Morgan fingerprint density at radius 2 is 1.72 bits per heavy atom. The third-order valence-corrected chi connectivity index (χ3v) is 7.34. The van der Waals surface area contributed by atoms with E-state index in [0.717, 1.165) is 0 Å². The fraction of sp³-hybridized carbons (Fsp3) is 0.419. The van der Waals surface area contributed by atoms with Crippen LogP contribution in [0.2, 0.25) is 0 Å². The molecule has 0 aliphatic carbocycles. The summed E-state index contributed by atoms with van der Waals surface area (Å²) in [5, 5.41) is 24.3. The number of aromatic nitrogens is 3. The summed E-state index contributed by atoms with van der Waals surface area (Å²) in [7, 11) is 0. The molecule has 15 nitrogen and oxygen atoms in total. The molecule has 1 aromatic carbocycles. The van der Waals surface area contributed by atoms with Crippen molar-refractivity contribution < 1.29 is 33.6 Å². The van der Waals surface area contributed by atoms with Gasteiger partial charge in [0.25, 0.3) is 11.8 Å². The van der Waals surface area contributed by atoms with Crippen LogP contribution in [0.4, 0.5) is 0 Å². The molecule has 4 atom stereocenters. The van der Waals surface area contributed by atoms with Gasteiger partial charge in [-0.05, 0) is 26.7 Å². The minimum Gasteiger partial charge on any atom is -0.391 e. The number of aryl methyl sites for hydroxylation is 1. The van der Waals surface area contributed by atoms with E-state index in [2.05, 4.69) is 36.4 Å². The molecule has 0 saturated carbocycles. The first-order valence-corrected chi connectivity index (χ1v) is 14.9. The Morgan fingerprint density at radius 1 is 1.00 bits per heavy atom. The van der Waals surface area contributed by atoms with Crippen LogP contribution in [0.15, 0.2) is 47.1 Å². The highest BCUT2D eigenvalue weighted by Crippen LogP contribution is 2.23. The molecule has 2 aromatic heterocycles. The van der Waals surface area contributed by atoms with Crippen LogP contribution in [0.25, 0.3) is 11.3 Å². The average Bonchev–Trinajstić information content (AvgIpc) is 3.49. The van der Waals surface area contributed by atoms with E-state index in [1.807, 2.05) is 30.3 Å². The van der Waals surface area contributed by atoms with Crippen molar-refractivity contribution in [3.8, 4) is 11.3 Å². The molecular formula is C31H38N8O7. The molecule has 4 rings (SSSR count). The highest BCUT2D eigenvalue weighted by atomic mass is 16.5. The maximum atomic E-state index is 14.1. The third kappa shape index (κ3) is 8.10. The fourth-order valence-corrected chi connectivity index (χ4v) is 4.77. The quantitative estimate of drug-likeness (QED) is 0.266. The molecule has 5 N–H and O–H groups in total. The van der Waals surface area contributed by atoms with Gasteiger partial charge in [-0.2, -0.15) is 0 Å². The fourth-order valence-electron chi connectivity index (χ4n) is 4.77. The zero-order valence-electron chi connectivity index (χ0n) is 26.2. The lowest BCUT2D eigenvalue weighted by atomic mass is 10.0. The summed E-state index contributed by atoms with van der Waals surface area (Å²) in [5.41, 5.74) is 1.11. The molecule has 0 spiro atoms. The van der Waals surface area contributed by atoms with E-state index >= 15 is 0 Å². The Kier molecular flexibility index (Phi) is 10.8. The third-order valence-electron chi connectivity index (χ3n) is 7.34. The normalized spacial score (nSPS) is 20.9.